The first-order chi connectivity index (χ1) is 9.86. The predicted octanol–water partition coefficient (Wildman–Crippen LogP) is 4.24. The zero-order chi connectivity index (χ0) is 15.6. The standard InChI is InChI=1S/C14H9I3O4.Si/c15-9-6-8(1-2-12(9)18)21-14-10(16)3-7(4-11(14)17)5-13(19)20;/h1-4,6,18H,5H2,(H,19,20);. The van der Waals surface area contributed by atoms with Gasteiger partial charge in [0.25, 0.3) is 0 Å². The molecule has 0 saturated heterocycles. The Bertz CT molecular complexity index is 683. The highest BCUT2D eigenvalue weighted by Gasteiger charge is 2.12. The Hall–Kier alpha value is -0.0831. The van der Waals surface area contributed by atoms with E-state index >= 15 is 0 Å². The van der Waals surface area contributed by atoms with Crippen molar-refractivity contribution in [3.8, 4) is 17.2 Å². The van der Waals surface area contributed by atoms with Crippen LogP contribution in [0.5, 0.6) is 17.2 Å². The predicted molar refractivity (Wildman–Crippen MR) is 110 cm³/mol. The lowest BCUT2D eigenvalue weighted by molar-refractivity contribution is -0.136. The molecule has 2 aromatic rings. The Morgan fingerprint density at radius 3 is 2.14 bits per heavy atom. The quantitative estimate of drug-likeness (QED) is 0.384. The van der Waals surface area contributed by atoms with Gasteiger partial charge in [-0.25, -0.2) is 0 Å². The maximum Gasteiger partial charge on any atom is 0.307 e. The van der Waals surface area contributed by atoms with Gasteiger partial charge in [-0.2, -0.15) is 0 Å². The number of rotatable bonds is 4. The summed E-state index contributed by atoms with van der Waals surface area (Å²) in [4.78, 5) is 10.8. The summed E-state index contributed by atoms with van der Waals surface area (Å²) in [5.41, 5.74) is 0.740. The van der Waals surface area contributed by atoms with Crippen LogP contribution in [0, 0.1) is 10.7 Å². The molecule has 0 fully saturated rings. The van der Waals surface area contributed by atoms with Gasteiger partial charge in [-0.15, -0.1) is 0 Å². The van der Waals surface area contributed by atoms with Crippen molar-refractivity contribution in [3.05, 3.63) is 46.6 Å². The average Bonchev–Trinajstić information content (AvgIpc) is 2.37. The number of halogens is 3. The molecule has 0 heterocycles. The monoisotopic (exact) mass is 650 g/mol. The van der Waals surface area contributed by atoms with Gasteiger partial charge in [0.05, 0.1) is 17.1 Å². The van der Waals surface area contributed by atoms with Crippen molar-refractivity contribution in [1.82, 2.24) is 0 Å². The Morgan fingerprint density at radius 2 is 1.64 bits per heavy atom. The van der Waals surface area contributed by atoms with Gasteiger partial charge in [0.15, 0.2) is 5.75 Å². The van der Waals surface area contributed by atoms with Crippen LogP contribution < -0.4 is 4.74 Å². The third-order valence-corrected chi connectivity index (χ3v) is 5.02. The number of phenols is 1. The summed E-state index contributed by atoms with van der Waals surface area (Å²) >= 11 is 6.28. The highest BCUT2D eigenvalue weighted by molar-refractivity contribution is 14.1. The number of hydrogen-bond acceptors (Lipinski definition) is 3. The highest BCUT2D eigenvalue weighted by Crippen LogP contribution is 2.34. The van der Waals surface area contributed by atoms with Crippen LogP contribution in [0.15, 0.2) is 30.3 Å². The summed E-state index contributed by atoms with van der Waals surface area (Å²) in [5.74, 6) is 0.665. The molecule has 4 radical (unpaired) electrons. The molecule has 2 rings (SSSR count). The van der Waals surface area contributed by atoms with E-state index in [0.29, 0.717) is 15.1 Å². The number of carboxylic acids is 1. The summed E-state index contributed by atoms with van der Waals surface area (Å²) in [6, 6.07) is 8.62. The Balaban J connectivity index is 0.00000242. The zero-order valence-electron chi connectivity index (χ0n) is 10.9. The van der Waals surface area contributed by atoms with Crippen LogP contribution >= 0.6 is 67.8 Å². The molecule has 0 spiro atoms. The molecule has 4 nitrogen and oxygen atoms in total. The van der Waals surface area contributed by atoms with Crippen LogP contribution in [0.1, 0.15) is 5.56 Å². The maximum atomic E-state index is 10.8. The second-order valence-corrected chi connectivity index (χ2v) is 7.66. The number of carboxylic acid groups (broad SMARTS) is 1. The molecule has 0 atom stereocenters. The molecule has 0 saturated carbocycles. The lowest BCUT2D eigenvalue weighted by atomic mass is 10.1. The number of aromatic hydroxyl groups is 1. The van der Waals surface area contributed by atoms with Crippen molar-refractivity contribution >= 4 is 84.7 Å². The van der Waals surface area contributed by atoms with Crippen molar-refractivity contribution in [2.45, 2.75) is 6.42 Å². The summed E-state index contributed by atoms with van der Waals surface area (Å²) in [5, 5.41) is 18.4. The second kappa shape index (κ2) is 8.68. The van der Waals surface area contributed by atoms with Gasteiger partial charge >= 0.3 is 5.97 Å². The summed E-state index contributed by atoms with van der Waals surface area (Å²) in [6.07, 6.45) is -0.0105. The summed E-state index contributed by atoms with van der Waals surface area (Å²) < 4.78 is 8.26. The number of carbonyl (C=O) groups is 1. The second-order valence-electron chi connectivity index (χ2n) is 4.17. The third-order valence-electron chi connectivity index (χ3n) is 2.55. The molecule has 22 heavy (non-hydrogen) atoms. The maximum absolute atomic E-state index is 10.8. The van der Waals surface area contributed by atoms with Crippen LogP contribution in [0.2, 0.25) is 0 Å². The molecule has 0 bridgehead atoms. The fourth-order valence-electron chi connectivity index (χ4n) is 1.66. The molecule has 114 valence electrons. The fourth-order valence-corrected chi connectivity index (χ4v) is 4.26. The first-order valence-electron chi connectivity index (χ1n) is 5.73. The average molecular weight is 650 g/mol. The van der Waals surface area contributed by atoms with Crippen molar-refractivity contribution in [1.29, 1.82) is 0 Å². The van der Waals surface area contributed by atoms with Gasteiger partial charge in [-0.1, -0.05) is 0 Å². The van der Waals surface area contributed by atoms with Gasteiger partial charge in [0, 0.05) is 11.0 Å². The minimum Gasteiger partial charge on any atom is -0.507 e. The molecule has 0 amide bonds. The van der Waals surface area contributed by atoms with E-state index < -0.39 is 5.97 Å². The van der Waals surface area contributed by atoms with Crippen LogP contribution in [-0.2, 0) is 11.2 Å². The van der Waals surface area contributed by atoms with Crippen LogP contribution in [0.3, 0.4) is 0 Å². The molecule has 2 aromatic carbocycles. The summed E-state index contributed by atoms with van der Waals surface area (Å²) in [6.45, 7) is 0. The lowest BCUT2D eigenvalue weighted by Crippen LogP contribution is -2.02. The molecule has 2 N–H and O–H groups in total. The Kier molecular flexibility index (Phi) is 7.88. The van der Waals surface area contributed by atoms with E-state index in [-0.39, 0.29) is 23.1 Å². The highest BCUT2D eigenvalue weighted by atomic mass is 127. The topological polar surface area (TPSA) is 66.8 Å². The summed E-state index contributed by atoms with van der Waals surface area (Å²) in [7, 11) is 0. The van der Waals surface area contributed by atoms with Crippen molar-refractivity contribution in [2.24, 2.45) is 0 Å². The zero-order valence-corrected chi connectivity index (χ0v) is 18.4. The molecular formula is C14H9I3O4Si. The molecule has 0 aromatic heterocycles. The third kappa shape index (κ3) is 5.23. The molecule has 0 aliphatic carbocycles. The smallest absolute Gasteiger partial charge is 0.307 e. The van der Waals surface area contributed by atoms with Crippen LogP contribution in [0.4, 0.5) is 0 Å². The molecule has 0 unspecified atom stereocenters. The number of benzene rings is 2. The Labute approximate surface area is 173 Å². The molecule has 8 heteroatoms. The minimum atomic E-state index is -0.858. The molecule has 0 aliphatic rings. The van der Waals surface area contributed by atoms with E-state index in [4.69, 9.17) is 9.84 Å². The first kappa shape index (κ1) is 20.0. The van der Waals surface area contributed by atoms with Crippen molar-refractivity contribution in [3.63, 3.8) is 0 Å². The number of phenolic OH excluding ortho intramolecular Hbond substituents is 1. The van der Waals surface area contributed by atoms with Gasteiger partial charge in [0.1, 0.15) is 11.5 Å². The van der Waals surface area contributed by atoms with E-state index in [2.05, 4.69) is 45.2 Å². The van der Waals surface area contributed by atoms with Crippen LogP contribution in [-0.4, -0.2) is 27.1 Å². The van der Waals surface area contributed by atoms with Gasteiger partial charge in [0.2, 0.25) is 0 Å². The SMILES string of the molecule is O=C(O)Cc1cc(I)c(Oc2ccc(O)c(I)c2)c(I)c1.[Si]. The van der Waals surface area contributed by atoms with Crippen molar-refractivity contribution in [2.75, 3.05) is 0 Å². The van der Waals surface area contributed by atoms with Crippen molar-refractivity contribution < 1.29 is 19.7 Å². The van der Waals surface area contributed by atoms with Gasteiger partial charge in [-0.3, -0.25) is 4.79 Å². The largest absolute Gasteiger partial charge is 0.507 e. The van der Waals surface area contributed by atoms with E-state index in [9.17, 15) is 9.90 Å². The number of hydrogen-bond donors (Lipinski definition) is 2. The van der Waals surface area contributed by atoms with Gasteiger partial charge < -0.3 is 14.9 Å². The Morgan fingerprint density at radius 1 is 1.05 bits per heavy atom. The minimum absolute atomic E-state index is 0. The van der Waals surface area contributed by atoms with E-state index in [1.165, 1.54) is 0 Å². The van der Waals surface area contributed by atoms with Gasteiger partial charge in [-0.05, 0) is 104 Å². The molecule has 0 aliphatic heterocycles. The van der Waals surface area contributed by atoms with Crippen LogP contribution in [0.25, 0.3) is 0 Å². The van der Waals surface area contributed by atoms with E-state index in [0.717, 1.165) is 12.7 Å². The van der Waals surface area contributed by atoms with E-state index in [1.54, 1.807) is 30.3 Å². The lowest BCUT2D eigenvalue weighted by Gasteiger charge is -2.12. The normalized spacial score (nSPS) is 9.95. The number of ether oxygens (including phenoxy) is 1. The van der Waals surface area contributed by atoms with E-state index in [1.807, 2.05) is 22.6 Å². The number of aliphatic carboxylic acids is 1. The first-order valence-corrected chi connectivity index (χ1v) is 8.96. The fraction of sp³-hybridized carbons (Fsp3) is 0.0714. The molecular weight excluding hydrogens is 641 g/mol.